The van der Waals surface area contributed by atoms with Crippen LogP contribution in [0.3, 0.4) is 0 Å². The van der Waals surface area contributed by atoms with Crippen LogP contribution in [0.2, 0.25) is 0 Å². The highest BCUT2D eigenvalue weighted by molar-refractivity contribution is 5.92. The van der Waals surface area contributed by atoms with E-state index in [0.29, 0.717) is 36.2 Å². The first kappa shape index (κ1) is 18.3. The molecule has 1 aromatic heterocycles. The van der Waals surface area contributed by atoms with Crippen molar-refractivity contribution in [2.75, 3.05) is 31.1 Å². The summed E-state index contributed by atoms with van der Waals surface area (Å²) in [6.07, 6.45) is 4.80. The maximum Gasteiger partial charge on any atom is 0.253 e. The van der Waals surface area contributed by atoms with Gasteiger partial charge in [-0.1, -0.05) is 0 Å². The van der Waals surface area contributed by atoms with E-state index in [2.05, 4.69) is 20.9 Å². The molecule has 3 atom stereocenters. The number of hydrogen-bond donors (Lipinski definition) is 1. The van der Waals surface area contributed by atoms with Crippen LogP contribution in [0.1, 0.15) is 25.3 Å². The number of anilines is 1. The van der Waals surface area contributed by atoms with Crippen molar-refractivity contribution in [1.82, 2.24) is 14.9 Å². The fourth-order valence-corrected chi connectivity index (χ4v) is 4.73. The summed E-state index contributed by atoms with van der Waals surface area (Å²) in [5.41, 5.74) is 9.05. The van der Waals surface area contributed by atoms with Gasteiger partial charge >= 0.3 is 0 Å². The van der Waals surface area contributed by atoms with Crippen LogP contribution in [0.5, 0.6) is 0 Å². The number of rotatable bonds is 2. The normalized spacial score (nSPS) is 28.0. The van der Waals surface area contributed by atoms with Gasteiger partial charge in [0, 0.05) is 43.5 Å². The lowest BCUT2D eigenvalue weighted by atomic mass is 10.0. The predicted molar refractivity (Wildman–Crippen MR) is 107 cm³/mol. The van der Waals surface area contributed by atoms with Crippen molar-refractivity contribution in [3.63, 3.8) is 0 Å². The first-order valence-electron chi connectivity index (χ1n) is 10.1. The lowest BCUT2D eigenvalue weighted by Gasteiger charge is -2.39. The number of hydrogen-bond acceptors (Lipinski definition) is 7. The van der Waals surface area contributed by atoms with Crippen LogP contribution < -0.4 is 10.6 Å². The molecule has 1 aliphatic carbocycles. The molecule has 5 rings (SSSR count). The van der Waals surface area contributed by atoms with Gasteiger partial charge in [-0.25, -0.2) is 0 Å². The van der Waals surface area contributed by atoms with E-state index in [4.69, 9.17) is 10.5 Å². The van der Waals surface area contributed by atoms with Gasteiger partial charge in [-0.3, -0.25) is 14.8 Å². The number of benzene rings is 1. The van der Waals surface area contributed by atoms with Crippen molar-refractivity contribution in [2.45, 2.75) is 38.0 Å². The molecule has 2 aliphatic heterocycles. The van der Waals surface area contributed by atoms with Crippen molar-refractivity contribution >= 4 is 22.6 Å². The van der Waals surface area contributed by atoms with Crippen molar-refractivity contribution in [3.8, 4) is 6.07 Å². The second kappa shape index (κ2) is 6.65. The molecular weight excluding hydrogens is 368 g/mol. The summed E-state index contributed by atoms with van der Waals surface area (Å²) in [5, 5.41) is 9.37. The zero-order chi connectivity index (χ0) is 20.2. The molecule has 3 fully saturated rings. The van der Waals surface area contributed by atoms with Crippen molar-refractivity contribution in [1.29, 1.82) is 5.26 Å². The SMILES string of the molecule is CC1CN(c2ccc(C#N)c3nccnc23)CC(C(=O)N2C[C@@H](N)C3(CC3)C2)O1. The molecule has 8 heteroatoms. The molecule has 150 valence electrons. The standard InChI is InChI=1S/C21H24N6O2/c1-13-9-26(15-3-2-14(8-22)18-19(15)25-7-6-24-18)10-16(29-13)20(28)27-11-17(23)21(12-27)4-5-21/h2-3,6-7,13,16-17H,4-5,9-12,23H2,1H3/t13?,16?,17-/m1/s1. The highest BCUT2D eigenvalue weighted by atomic mass is 16.5. The van der Waals surface area contributed by atoms with Gasteiger partial charge in [0.2, 0.25) is 0 Å². The Morgan fingerprint density at radius 2 is 2.00 bits per heavy atom. The molecule has 0 radical (unpaired) electrons. The van der Waals surface area contributed by atoms with Gasteiger partial charge in [-0.15, -0.1) is 0 Å². The number of aromatic nitrogens is 2. The summed E-state index contributed by atoms with van der Waals surface area (Å²) in [6, 6.07) is 5.90. The summed E-state index contributed by atoms with van der Waals surface area (Å²) in [4.78, 5) is 26.0. The summed E-state index contributed by atoms with van der Waals surface area (Å²) in [7, 11) is 0. The maximum atomic E-state index is 13.2. The highest BCUT2D eigenvalue weighted by Gasteiger charge is 2.55. The van der Waals surface area contributed by atoms with Crippen LogP contribution in [0, 0.1) is 16.7 Å². The van der Waals surface area contributed by atoms with Gasteiger partial charge < -0.3 is 20.3 Å². The van der Waals surface area contributed by atoms with Gasteiger partial charge in [-0.2, -0.15) is 5.26 Å². The zero-order valence-corrected chi connectivity index (χ0v) is 16.4. The molecule has 2 N–H and O–H groups in total. The molecule has 1 saturated carbocycles. The Morgan fingerprint density at radius 3 is 2.69 bits per heavy atom. The number of morpholine rings is 1. The number of nitrogens with two attached hydrogens (primary N) is 1. The summed E-state index contributed by atoms with van der Waals surface area (Å²) >= 11 is 0. The quantitative estimate of drug-likeness (QED) is 0.813. The van der Waals surface area contributed by atoms with Crippen molar-refractivity contribution < 1.29 is 9.53 Å². The Kier molecular flexibility index (Phi) is 4.19. The Bertz CT molecular complexity index is 1010. The number of carbonyl (C=O) groups excluding carboxylic acids is 1. The van der Waals surface area contributed by atoms with Crippen molar-refractivity contribution in [2.24, 2.45) is 11.1 Å². The minimum Gasteiger partial charge on any atom is -0.364 e. The minimum absolute atomic E-state index is 0.0183. The third-order valence-electron chi connectivity index (χ3n) is 6.51. The van der Waals surface area contributed by atoms with E-state index >= 15 is 0 Å². The molecule has 1 amide bonds. The van der Waals surface area contributed by atoms with E-state index in [0.717, 1.165) is 25.1 Å². The molecule has 29 heavy (non-hydrogen) atoms. The minimum atomic E-state index is -0.540. The highest BCUT2D eigenvalue weighted by Crippen LogP contribution is 2.52. The van der Waals surface area contributed by atoms with Crippen molar-refractivity contribution in [3.05, 3.63) is 30.1 Å². The van der Waals surface area contributed by atoms with E-state index < -0.39 is 6.10 Å². The Hall–Kier alpha value is -2.76. The first-order chi connectivity index (χ1) is 14.0. The molecule has 3 heterocycles. The molecule has 3 aliphatic rings. The predicted octanol–water partition coefficient (Wildman–Crippen LogP) is 1.04. The summed E-state index contributed by atoms with van der Waals surface area (Å²) in [6.45, 7) is 4.41. The lowest BCUT2D eigenvalue weighted by Crippen LogP contribution is -2.53. The van der Waals surface area contributed by atoms with Crippen LogP contribution in [0.15, 0.2) is 24.5 Å². The number of likely N-dealkylation sites (tertiary alicyclic amines) is 1. The summed E-state index contributed by atoms with van der Waals surface area (Å²) in [5.74, 6) is 0.0183. The van der Waals surface area contributed by atoms with E-state index in [9.17, 15) is 10.1 Å². The average Bonchev–Trinajstić information content (AvgIpc) is 3.44. The molecule has 2 saturated heterocycles. The Balaban J connectivity index is 1.42. The largest absolute Gasteiger partial charge is 0.364 e. The van der Waals surface area contributed by atoms with E-state index in [-0.39, 0.29) is 23.5 Å². The zero-order valence-electron chi connectivity index (χ0n) is 16.4. The number of carbonyl (C=O) groups is 1. The first-order valence-corrected chi connectivity index (χ1v) is 10.1. The number of nitriles is 1. The second-order valence-corrected chi connectivity index (χ2v) is 8.53. The topological polar surface area (TPSA) is 108 Å². The van der Waals surface area contributed by atoms with Crippen LogP contribution in [0.4, 0.5) is 5.69 Å². The summed E-state index contributed by atoms with van der Waals surface area (Å²) < 4.78 is 6.03. The van der Waals surface area contributed by atoms with E-state index in [1.54, 1.807) is 18.5 Å². The van der Waals surface area contributed by atoms with Crippen LogP contribution in [-0.4, -0.2) is 65.2 Å². The van der Waals surface area contributed by atoms with Gasteiger partial charge in [-0.05, 0) is 31.9 Å². The smallest absolute Gasteiger partial charge is 0.253 e. The second-order valence-electron chi connectivity index (χ2n) is 8.53. The van der Waals surface area contributed by atoms with Gasteiger partial charge in [0.1, 0.15) is 17.1 Å². The number of amides is 1. The number of nitrogens with zero attached hydrogens (tertiary/aromatic N) is 5. The van der Waals surface area contributed by atoms with E-state index in [1.165, 1.54) is 0 Å². The average molecular weight is 392 g/mol. The molecule has 1 aromatic carbocycles. The maximum absolute atomic E-state index is 13.2. The van der Waals surface area contributed by atoms with Gasteiger partial charge in [0.25, 0.3) is 5.91 Å². The Labute approximate surface area is 169 Å². The molecule has 0 bridgehead atoms. The third kappa shape index (κ3) is 3.02. The molecule has 8 nitrogen and oxygen atoms in total. The fraction of sp³-hybridized carbons (Fsp3) is 0.524. The van der Waals surface area contributed by atoms with E-state index in [1.807, 2.05) is 17.9 Å². The van der Waals surface area contributed by atoms with Crippen LogP contribution in [0.25, 0.3) is 11.0 Å². The Morgan fingerprint density at radius 1 is 1.24 bits per heavy atom. The molecule has 2 aromatic rings. The third-order valence-corrected chi connectivity index (χ3v) is 6.51. The monoisotopic (exact) mass is 392 g/mol. The van der Waals surface area contributed by atoms with Gasteiger partial charge in [0.05, 0.1) is 23.9 Å². The molecule has 1 spiro atoms. The number of ether oxygens (including phenoxy) is 1. The van der Waals surface area contributed by atoms with Crippen LogP contribution in [-0.2, 0) is 9.53 Å². The lowest BCUT2D eigenvalue weighted by molar-refractivity contribution is -0.147. The number of fused-ring (bicyclic) bond motifs is 1. The fourth-order valence-electron chi connectivity index (χ4n) is 4.73. The molecule has 2 unspecified atom stereocenters. The van der Waals surface area contributed by atoms with Gasteiger partial charge in [0.15, 0.2) is 6.10 Å². The molecular formula is C21H24N6O2. The van der Waals surface area contributed by atoms with Crippen LogP contribution >= 0.6 is 0 Å².